The molecule has 0 spiro atoms. The molecule has 144 valence electrons. The average molecular weight is 429 g/mol. The van der Waals surface area contributed by atoms with E-state index in [9.17, 15) is 18.0 Å². The summed E-state index contributed by atoms with van der Waals surface area (Å²) < 4.78 is 25.6. The van der Waals surface area contributed by atoms with Crippen LogP contribution >= 0.6 is 23.2 Å². The minimum atomic E-state index is -3.84. The Bertz CT molecular complexity index is 993. The maximum atomic E-state index is 12.7. The third-order valence-electron chi connectivity index (χ3n) is 3.77. The number of carbonyl (C=O) groups excluding carboxylic acids is 2. The first-order valence-electron chi connectivity index (χ1n) is 7.87. The zero-order chi connectivity index (χ0) is 20.4. The summed E-state index contributed by atoms with van der Waals surface area (Å²) in [7, 11) is -3.84. The minimum Gasteiger partial charge on any atom is -0.324 e. The van der Waals surface area contributed by atoms with Gasteiger partial charge in [-0.15, -0.1) is 0 Å². The molecule has 0 bridgehead atoms. The lowest BCUT2D eigenvalue weighted by atomic mass is 10.1. The molecular formula is C18H18Cl2N2O4S. The molecule has 0 aliphatic carbocycles. The van der Waals surface area contributed by atoms with Crippen molar-refractivity contribution in [3.63, 3.8) is 0 Å². The van der Waals surface area contributed by atoms with E-state index in [1.807, 2.05) is 0 Å². The Morgan fingerprint density at radius 3 is 2.37 bits per heavy atom. The van der Waals surface area contributed by atoms with Crippen molar-refractivity contribution in [1.82, 2.24) is 0 Å². The number of amides is 1. The molecule has 2 aromatic carbocycles. The molecule has 1 unspecified atom stereocenters. The largest absolute Gasteiger partial charge is 0.324 e. The van der Waals surface area contributed by atoms with E-state index in [4.69, 9.17) is 23.2 Å². The van der Waals surface area contributed by atoms with E-state index in [1.54, 1.807) is 18.2 Å². The monoisotopic (exact) mass is 428 g/mol. The van der Waals surface area contributed by atoms with Crippen LogP contribution in [0.15, 0.2) is 42.5 Å². The minimum absolute atomic E-state index is 0.104. The smallest absolute Gasteiger partial charge is 0.247 e. The summed E-state index contributed by atoms with van der Waals surface area (Å²) in [5.41, 5.74) is 0.912. The third kappa shape index (κ3) is 5.22. The van der Waals surface area contributed by atoms with E-state index in [-0.39, 0.29) is 21.5 Å². The highest BCUT2D eigenvalue weighted by Gasteiger charge is 2.31. The fourth-order valence-electron chi connectivity index (χ4n) is 2.50. The summed E-state index contributed by atoms with van der Waals surface area (Å²) in [5.74, 6) is -0.736. The van der Waals surface area contributed by atoms with E-state index in [0.717, 1.165) is 10.6 Å². The predicted octanol–water partition coefficient (Wildman–Crippen LogP) is 3.99. The highest BCUT2D eigenvalue weighted by Crippen LogP contribution is 2.32. The topological polar surface area (TPSA) is 83.6 Å². The van der Waals surface area contributed by atoms with Crippen molar-refractivity contribution in [2.24, 2.45) is 0 Å². The second kappa shape index (κ2) is 8.29. The van der Waals surface area contributed by atoms with Gasteiger partial charge in [-0.1, -0.05) is 35.3 Å². The third-order valence-corrected chi connectivity index (χ3v) is 5.55. The van der Waals surface area contributed by atoms with Gasteiger partial charge in [-0.2, -0.15) is 0 Å². The van der Waals surface area contributed by atoms with Crippen LogP contribution in [-0.2, 0) is 14.8 Å². The first kappa shape index (κ1) is 21.2. The van der Waals surface area contributed by atoms with Crippen molar-refractivity contribution in [2.75, 3.05) is 15.9 Å². The highest BCUT2D eigenvalue weighted by atomic mass is 35.5. The van der Waals surface area contributed by atoms with Crippen molar-refractivity contribution in [2.45, 2.75) is 19.9 Å². The van der Waals surface area contributed by atoms with Crippen LogP contribution in [0, 0.1) is 0 Å². The van der Waals surface area contributed by atoms with Gasteiger partial charge in [-0.05, 0) is 44.2 Å². The second-order valence-corrected chi connectivity index (χ2v) is 8.66. The quantitative estimate of drug-likeness (QED) is 0.704. The van der Waals surface area contributed by atoms with Gasteiger partial charge in [0, 0.05) is 16.3 Å². The number of ketones is 1. The lowest BCUT2D eigenvalue weighted by molar-refractivity contribution is -0.116. The summed E-state index contributed by atoms with van der Waals surface area (Å²) >= 11 is 12.1. The van der Waals surface area contributed by atoms with E-state index < -0.39 is 22.0 Å². The molecule has 0 saturated heterocycles. The number of Topliss-reactive ketones (excluding diaryl/α,β-unsaturated/α-hetero) is 1. The molecule has 1 amide bonds. The molecule has 1 atom stereocenters. The Morgan fingerprint density at radius 2 is 1.78 bits per heavy atom. The molecule has 0 radical (unpaired) electrons. The van der Waals surface area contributed by atoms with Crippen molar-refractivity contribution in [3.05, 3.63) is 58.1 Å². The van der Waals surface area contributed by atoms with E-state index >= 15 is 0 Å². The van der Waals surface area contributed by atoms with Gasteiger partial charge in [0.1, 0.15) is 6.04 Å². The lowest BCUT2D eigenvalue weighted by Crippen LogP contribution is -2.45. The number of sulfonamides is 1. The molecule has 0 fully saturated rings. The maximum Gasteiger partial charge on any atom is 0.247 e. The van der Waals surface area contributed by atoms with Gasteiger partial charge in [-0.3, -0.25) is 13.9 Å². The Labute approximate surface area is 168 Å². The summed E-state index contributed by atoms with van der Waals surface area (Å²) in [5, 5.41) is 3.04. The number of hydrogen-bond acceptors (Lipinski definition) is 4. The molecule has 0 aliphatic heterocycles. The SMILES string of the molecule is CC(=O)c1cccc(NC(=O)C(C)N(c2cc(Cl)ccc2Cl)S(C)(=O)=O)c1. The van der Waals surface area contributed by atoms with Crippen LogP contribution in [0.25, 0.3) is 0 Å². The van der Waals surface area contributed by atoms with Gasteiger partial charge in [-0.25, -0.2) is 8.42 Å². The van der Waals surface area contributed by atoms with Crippen molar-refractivity contribution in [1.29, 1.82) is 0 Å². The molecule has 0 heterocycles. The van der Waals surface area contributed by atoms with Gasteiger partial charge in [0.15, 0.2) is 5.78 Å². The zero-order valence-corrected chi connectivity index (χ0v) is 17.2. The summed E-state index contributed by atoms with van der Waals surface area (Å²) in [6, 6.07) is 9.61. The van der Waals surface area contributed by atoms with Crippen LogP contribution in [0.2, 0.25) is 10.0 Å². The Balaban J connectivity index is 2.37. The first-order valence-corrected chi connectivity index (χ1v) is 10.5. The number of rotatable bonds is 6. The van der Waals surface area contributed by atoms with Crippen molar-refractivity contribution >= 4 is 56.3 Å². The molecule has 2 aromatic rings. The van der Waals surface area contributed by atoms with Crippen molar-refractivity contribution < 1.29 is 18.0 Å². The van der Waals surface area contributed by atoms with Gasteiger partial charge in [0.2, 0.25) is 15.9 Å². The van der Waals surface area contributed by atoms with Crippen LogP contribution in [0.4, 0.5) is 11.4 Å². The number of carbonyl (C=O) groups is 2. The van der Waals surface area contributed by atoms with Crippen LogP contribution < -0.4 is 9.62 Å². The molecule has 1 N–H and O–H groups in total. The molecular weight excluding hydrogens is 411 g/mol. The summed E-state index contributed by atoms with van der Waals surface area (Å²) in [6.45, 7) is 2.85. The summed E-state index contributed by atoms with van der Waals surface area (Å²) in [6.07, 6.45) is 0.977. The average Bonchev–Trinajstić information content (AvgIpc) is 2.57. The molecule has 2 rings (SSSR count). The summed E-state index contributed by atoms with van der Waals surface area (Å²) in [4.78, 5) is 24.2. The molecule has 6 nitrogen and oxygen atoms in total. The molecule has 9 heteroatoms. The van der Waals surface area contributed by atoms with Crippen LogP contribution in [0.1, 0.15) is 24.2 Å². The number of hydrogen-bond donors (Lipinski definition) is 1. The predicted molar refractivity (Wildman–Crippen MR) is 108 cm³/mol. The fraction of sp³-hybridized carbons (Fsp3) is 0.222. The maximum absolute atomic E-state index is 12.7. The number of halogens is 2. The van der Waals surface area contributed by atoms with Crippen LogP contribution in [0.3, 0.4) is 0 Å². The van der Waals surface area contributed by atoms with Crippen LogP contribution in [-0.4, -0.2) is 32.4 Å². The molecule has 0 aliphatic rings. The van der Waals surface area contributed by atoms with E-state index in [1.165, 1.54) is 38.1 Å². The normalized spacial score (nSPS) is 12.3. The second-order valence-electron chi connectivity index (χ2n) is 5.96. The number of benzene rings is 2. The highest BCUT2D eigenvalue weighted by molar-refractivity contribution is 7.92. The fourth-order valence-corrected chi connectivity index (χ4v) is 4.10. The van der Waals surface area contributed by atoms with Crippen LogP contribution in [0.5, 0.6) is 0 Å². The standard InChI is InChI=1S/C18H18Cl2N2O4S/c1-11(18(24)21-15-6-4-5-13(9-15)12(2)23)22(27(3,25)26)17-10-14(19)7-8-16(17)20/h4-11H,1-3H3,(H,21,24). The molecule has 0 aromatic heterocycles. The Hall–Kier alpha value is -2.09. The van der Waals surface area contributed by atoms with Gasteiger partial charge in [0.05, 0.1) is 17.0 Å². The van der Waals surface area contributed by atoms with Gasteiger partial charge in [0.25, 0.3) is 0 Å². The first-order chi connectivity index (χ1) is 12.5. The zero-order valence-electron chi connectivity index (χ0n) is 14.9. The van der Waals surface area contributed by atoms with E-state index in [0.29, 0.717) is 11.3 Å². The van der Waals surface area contributed by atoms with Gasteiger partial charge >= 0.3 is 0 Å². The van der Waals surface area contributed by atoms with Crippen molar-refractivity contribution in [3.8, 4) is 0 Å². The Kier molecular flexibility index (Phi) is 6.51. The Morgan fingerprint density at radius 1 is 1.11 bits per heavy atom. The van der Waals surface area contributed by atoms with E-state index in [2.05, 4.69) is 5.32 Å². The number of anilines is 2. The lowest BCUT2D eigenvalue weighted by Gasteiger charge is -2.29. The van der Waals surface area contributed by atoms with Gasteiger partial charge < -0.3 is 5.32 Å². The number of nitrogens with one attached hydrogen (secondary N) is 1. The number of nitrogens with zero attached hydrogens (tertiary/aromatic N) is 1. The molecule has 27 heavy (non-hydrogen) atoms. The molecule has 0 saturated carbocycles.